The monoisotopic (exact) mass is 197 g/mol. The Kier molecular flexibility index (Phi) is 2.27. The summed E-state index contributed by atoms with van der Waals surface area (Å²) in [6.45, 7) is 2.58. The zero-order valence-corrected chi connectivity index (χ0v) is 8.11. The molecule has 1 fully saturated rings. The fraction of sp³-hybridized carbons (Fsp3) is 0.455. The minimum absolute atomic E-state index is 0.181. The van der Waals surface area contributed by atoms with Crippen molar-refractivity contribution in [2.75, 3.05) is 0 Å². The molecule has 0 aliphatic heterocycles. The van der Waals surface area contributed by atoms with Gasteiger partial charge >= 0.3 is 0 Å². The lowest BCUT2D eigenvalue weighted by molar-refractivity contribution is 0.512. The van der Waals surface area contributed by atoms with Gasteiger partial charge < -0.3 is 5.32 Å². The molecule has 0 saturated heterocycles. The number of rotatable bonds is 3. The van der Waals surface area contributed by atoms with Gasteiger partial charge in [0.25, 0.3) is 0 Å². The van der Waals surface area contributed by atoms with Crippen LogP contribution in [0.5, 0.6) is 0 Å². The van der Waals surface area contributed by atoms with Gasteiger partial charge in [-0.1, -0.05) is 6.07 Å². The Morgan fingerprint density at radius 2 is 2.07 bits per heavy atom. The molecule has 14 heavy (non-hydrogen) atoms. The van der Waals surface area contributed by atoms with Gasteiger partial charge in [-0.3, -0.25) is 0 Å². The van der Waals surface area contributed by atoms with E-state index >= 15 is 0 Å². The summed E-state index contributed by atoms with van der Waals surface area (Å²) in [6, 6.07) is 3.70. The minimum Gasteiger partial charge on any atom is -0.307 e. The molecule has 3 heteroatoms. The van der Waals surface area contributed by atoms with E-state index in [1.165, 1.54) is 12.1 Å². The molecule has 0 heterocycles. The molecule has 1 saturated carbocycles. The summed E-state index contributed by atoms with van der Waals surface area (Å²) >= 11 is 0. The fourth-order valence-corrected chi connectivity index (χ4v) is 1.34. The van der Waals surface area contributed by atoms with Gasteiger partial charge in [-0.05, 0) is 25.8 Å². The first-order valence-corrected chi connectivity index (χ1v) is 4.78. The largest absolute Gasteiger partial charge is 0.307 e. The highest BCUT2D eigenvalue weighted by molar-refractivity contribution is 5.19. The molecule has 76 valence electrons. The predicted molar refractivity (Wildman–Crippen MR) is 50.8 cm³/mol. The molecule has 1 N–H and O–H groups in total. The molecule has 1 aromatic rings. The van der Waals surface area contributed by atoms with Crippen LogP contribution >= 0.6 is 0 Å². The van der Waals surface area contributed by atoms with Gasteiger partial charge in [-0.15, -0.1) is 0 Å². The van der Waals surface area contributed by atoms with Crippen LogP contribution in [-0.2, 0) is 6.54 Å². The van der Waals surface area contributed by atoms with Crippen molar-refractivity contribution in [3.8, 4) is 0 Å². The maximum atomic E-state index is 13.2. The smallest absolute Gasteiger partial charge is 0.130 e. The third kappa shape index (κ3) is 2.10. The Hall–Kier alpha value is -0.960. The van der Waals surface area contributed by atoms with E-state index in [4.69, 9.17) is 0 Å². The van der Waals surface area contributed by atoms with E-state index in [9.17, 15) is 8.78 Å². The van der Waals surface area contributed by atoms with E-state index in [1.54, 1.807) is 0 Å². The number of hydrogen-bond donors (Lipinski definition) is 1. The maximum absolute atomic E-state index is 13.2. The van der Waals surface area contributed by atoms with E-state index < -0.39 is 11.6 Å². The zero-order chi connectivity index (χ0) is 10.2. The van der Waals surface area contributed by atoms with Gasteiger partial charge in [-0.2, -0.15) is 0 Å². The van der Waals surface area contributed by atoms with Gasteiger partial charge in [0.1, 0.15) is 11.6 Å². The minimum atomic E-state index is -0.524. The summed E-state index contributed by atoms with van der Waals surface area (Å²) in [7, 11) is 0. The summed E-state index contributed by atoms with van der Waals surface area (Å²) < 4.78 is 25.7. The summed E-state index contributed by atoms with van der Waals surface area (Å²) in [5, 5.41) is 3.25. The quantitative estimate of drug-likeness (QED) is 0.785. The summed E-state index contributed by atoms with van der Waals surface area (Å²) in [5.74, 6) is -0.995. The molecule has 2 rings (SSSR count). The Labute approximate surface area is 82.1 Å². The van der Waals surface area contributed by atoms with Gasteiger partial charge in [0.2, 0.25) is 0 Å². The standard InChI is InChI=1S/C11H13F2N/c1-11(4-5-11)14-7-8-2-3-9(12)6-10(8)13/h2-3,6,14H,4-5,7H2,1H3. The predicted octanol–water partition coefficient (Wildman–Crippen LogP) is 2.61. The molecule has 1 aliphatic rings. The summed E-state index contributed by atoms with van der Waals surface area (Å²) in [5.41, 5.74) is 0.709. The van der Waals surface area contributed by atoms with Crippen LogP contribution in [0, 0.1) is 11.6 Å². The third-order valence-corrected chi connectivity index (χ3v) is 2.72. The van der Waals surface area contributed by atoms with Gasteiger partial charge in [-0.25, -0.2) is 8.78 Å². The highest BCUT2D eigenvalue weighted by atomic mass is 19.1. The van der Waals surface area contributed by atoms with E-state index in [-0.39, 0.29) is 5.54 Å². The first-order chi connectivity index (χ1) is 6.59. The van der Waals surface area contributed by atoms with Crippen molar-refractivity contribution in [2.24, 2.45) is 0 Å². The van der Waals surface area contributed by atoms with E-state index in [0.717, 1.165) is 18.9 Å². The second-order valence-electron chi connectivity index (χ2n) is 4.15. The van der Waals surface area contributed by atoms with Crippen molar-refractivity contribution in [1.82, 2.24) is 5.32 Å². The Balaban J connectivity index is 2.02. The highest BCUT2D eigenvalue weighted by Crippen LogP contribution is 2.34. The van der Waals surface area contributed by atoms with Crippen molar-refractivity contribution in [3.05, 3.63) is 35.4 Å². The zero-order valence-electron chi connectivity index (χ0n) is 8.11. The summed E-state index contributed by atoms with van der Waals surface area (Å²) in [6.07, 6.45) is 2.27. The second-order valence-corrected chi connectivity index (χ2v) is 4.15. The number of halogens is 2. The van der Waals surface area contributed by atoms with Gasteiger partial charge in [0.15, 0.2) is 0 Å². The average Bonchev–Trinajstić information content (AvgIpc) is 2.83. The van der Waals surface area contributed by atoms with E-state index in [0.29, 0.717) is 12.1 Å². The van der Waals surface area contributed by atoms with Crippen LogP contribution in [-0.4, -0.2) is 5.54 Å². The van der Waals surface area contributed by atoms with Gasteiger partial charge in [0, 0.05) is 23.7 Å². The van der Waals surface area contributed by atoms with E-state index in [2.05, 4.69) is 12.2 Å². The molecule has 0 unspecified atom stereocenters. The molecular formula is C11H13F2N. The highest BCUT2D eigenvalue weighted by Gasteiger charge is 2.36. The molecule has 1 nitrogen and oxygen atoms in total. The topological polar surface area (TPSA) is 12.0 Å². The van der Waals surface area contributed by atoms with Crippen molar-refractivity contribution < 1.29 is 8.78 Å². The van der Waals surface area contributed by atoms with Crippen LogP contribution in [0.1, 0.15) is 25.3 Å². The van der Waals surface area contributed by atoms with Crippen LogP contribution in [0.4, 0.5) is 8.78 Å². The van der Waals surface area contributed by atoms with Gasteiger partial charge in [0.05, 0.1) is 0 Å². The van der Waals surface area contributed by atoms with Crippen molar-refractivity contribution >= 4 is 0 Å². The van der Waals surface area contributed by atoms with Crippen LogP contribution < -0.4 is 5.32 Å². The van der Waals surface area contributed by atoms with Crippen LogP contribution in [0.15, 0.2) is 18.2 Å². The second kappa shape index (κ2) is 3.31. The lowest BCUT2D eigenvalue weighted by Crippen LogP contribution is -2.27. The lowest BCUT2D eigenvalue weighted by atomic mass is 10.2. The molecule has 0 atom stereocenters. The Morgan fingerprint density at radius 1 is 1.36 bits per heavy atom. The first kappa shape index (κ1) is 9.59. The summed E-state index contributed by atoms with van der Waals surface area (Å²) in [4.78, 5) is 0. The van der Waals surface area contributed by atoms with Crippen molar-refractivity contribution in [3.63, 3.8) is 0 Å². The third-order valence-electron chi connectivity index (χ3n) is 2.72. The molecule has 1 aromatic carbocycles. The Morgan fingerprint density at radius 3 is 2.64 bits per heavy atom. The molecule has 1 aliphatic carbocycles. The maximum Gasteiger partial charge on any atom is 0.130 e. The van der Waals surface area contributed by atoms with Crippen molar-refractivity contribution in [2.45, 2.75) is 31.8 Å². The normalized spacial score (nSPS) is 18.2. The number of nitrogens with one attached hydrogen (secondary N) is 1. The van der Waals surface area contributed by atoms with Crippen molar-refractivity contribution in [1.29, 1.82) is 0 Å². The molecule has 0 radical (unpaired) electrons. The van der Waals surface area contributed by atoms with Crippen LogP contribution in [0.3, 0.4) is 0 Å². The lowest BCUT2D eigenvalue weighted by Gasteiger charge is -2.11. The number of benzene rings is 1. The molecule has 0 spiro atoms. The SMILES string of the molecule is CC1(NCc2ccc(F)cc2F)CC1. The molecular weight excluding hydrogens is 184 g/mol. The first-order valence-electron chi connectivity index (χ1n) is 4.78. The molecule has 0 bridgehead atoms. The average molecular weight is 197 g/mol. The van der Waals surface area contributed by atoms with E-state index in [1.807, 2.05) is 0 Å². The molecule has 0 aromatic heterocycles. The Bertz CT molecular complexity index is 345. The fourth-order valence-electron chi connectivity index (χ4n) is 1.34. The van der Waals surface area contributed by atoms with Crippen LogP contribution in [0.2, 0.25) is 0 Å². The van der Waals surface area contributed by atoms with Crippen LogP contribution in [0.25, 0.3) is 0 Å². The molecule has 0 amide bonds. The number of hydrogen-bond acceptors (Lipinski definition) is 1.